The van der Waals surface area contributed by atoms with Gasteiger partial charge in [-0.25, -0.2) is 4.98 Å². The van der Waals surface area contributed by atoms with Crippen molar-refractivity contribution in [2.24, 2.45) is 0 Å². The maximum atomic E-state index is 12.9. The largest absolute Gasteiger partial charge is 0.482 e. The van der Waals surface area contributed by atoms with Gasteiger partial charge in [0.05, 0.1) is 11.0 Å². The quantitative estimate of drug-likeness (QED) is 0.780. The van der Waals surface area contributed by atoms with Crippen LogP contribution in [0, 0.1) is 0 Å². The molecule has 0 bridgehead atoms. The van der Waals surface area contributed by atoms with E-state index in [4.69, 9.17) is 9.47 Å². The molecule has 0 spiro atoms. The van der Waals surface area contributed by atoms with E-state index in [9.17, 15) is 4.79 Å². The number of para-hydroxylation sites is 4. The number of aryl methyl sites for hydroxylation is 1. The maximum absolute atomic E-state index is 12.9. The zero-order chi connectivity index (χ0) is 18.1. The molecule has 4 rings (SSSR count). The number of carbonyl (C=O) groups excluding carboxylic acids is 1. The van der Waals surface area contributed by atoms with E-state index in [-0.39, 0.29) is 5.91 Å². The number of rotatable bonds is 4. The lowest BCUT2D eigenvalue weighted by molar-refractivity contribution is -0.128. The summed E-state index contributed by atoms with van der Waals surface area (Å²) < 4.78 is 13.7. The van der Waals surface area contributed by atoms with Gasteiger partial charge in [0.15, 0.2) is 11.5 Å². The van der Waals surface area contributed by atoms with Crippen molar-refractivity contribution in [2.75, 3.05) is 5.32 Å². The number of nitrogens with one attached hydrogen (secondary N) is 1. The van der Waals surface area contributed by atoms with Crippen molar-refractivity contribution in [1.29, 1.82) is 0 Å². The molecule has 0 radical (unpaired) electrons. The molecule has 1 aromatic heterocycles. The Kier molecular flexibility index (Phi) is 4.24. The maximum Gasteiger partial charge on any atom is 0.271 e. The smallest absolute Gasteiger partial charge is 0.271 e. The molecule has 2 aromatic carbocycles. The van der Waals surface area contributed by atoms with Crippen LogP contribution >= 0.6 is 0 Å². The molecule has 6 heteroatoms. The number of imidazole rings is 1. The summed E-state index contributed by atoms with van der Waals surface area (Å²) in [4.78, 5) is 17.4. The molecule has 0 unspecified atom stereocenters. The molecule has 0 fully saturated rings. The summed E-state index contributed by atoms with van der Waals surface area (Å²) >= 11 is 0. The number of nitrogens with zero attached hydrogens (tertiary/aromatic N) is 2. The van der Waals surface area contributed by atoms with Crippen LogP contribution in [0.1, 0.15) is 20.3 Å². The Hall–Kier alpha value is -3.02. The minimum Gasteiger partial charge on any atom is -0.482 e. The predicted octanol–water partition coefficient (Wildman–Crippen LogP) is 3.61. The molecule has 26 heavy (non-hydrogen) atoms. The van der Waals surface area contributed by atoms with Gasteiger partial charge in [0.1, 0.15) is 6.10 Å². The number of carbonyl (C=O) groups is 1. The van der Waals surface area contributed by atoms with Gasteiger partial charge in [-0.1, -0.05) is 31.2 Å². The second kappa shape index (κ2) is 6.71. The van der Waals surface area contributed by atoms with Crippen LogP contribution in [-0.2, 0) is 11.3 Å². The van der Waals surface area contributed by atoms with Crippen molar-refractivity contribution in [1.82, 2.24) is 9.55 Å². The summed E-state index contributed by atoms with van der Waals surface area (Å²) in [5.41, 5.74) is 1.86. The Morgan fingerprint density at radius 1 is 1.12 bits per heavy atom. The van der Waals surface area contributed by atoms with E-state index in [1.165, 1.54) is 0 Å². The topological polar surface area (TPSA) is 65.4 Å². The normalized spacial score (nSPS) is 18.7. The number of hydrogen-bond acceptors (Lipinski definition) is 4. The van der Waals surface area contributed by atoms with Gasteiger partial charge in [0.25, 0.3) is 5.91 Å². The molecular weight excluding hydrogens is 330 g/mol. The van der Waals surface area contributed by atoms with Crippen molar-refractivity contribution < 1.29 is 14.3 Å². The monoisotopic (exact) mass is 351 g/mol. The number of anilines is 1. The first-order valence-electron chi connectivity index (χ1n) is 8.86. The molecule has 6 nitrogen and oxygen atoms in total. The standard InChI is InChI=1S/C20H21N3O3/c1-3-12-23-15-9-5-4-8-14(15)21-20(23)22-19(24)18-13(2)25-16-10-6-7-11-17(16)26-18/h4-11,13,18H,3,12H2,1-2H3,(H,21,22,24)/t13-,18-/m0/s1. The highest BCUT2D eigenvalue weighted by Gasteiger charge is 2.34. The van der Waals surface area contributed by atoms with Crippen LogP contribution in [0.2, 0.25) is 0 Å². The lowest BCUT2D eigenvalue weighted by Crippen LogP contribution is -2.46. The second-order valence-corrected chi connectivity index (χ2v) is 6.37. The second-order valence-electron chi connectivity index (χ2n) is 6.37. The van der Waals surface area contributed by atoms with E-state index < -0.39 is 12.2 Å². The molecule has 134 valence electrons. The Balaban J connectivity index is 1.60. The summed E-state index contributed by atoms with van der Waals surface area (Å²) in [5.74, 6) is 1.50. The van der Waals surface area contributed by atoms with Crippen LogP contribution in [0.5, 0.6) is 11.5 Å². The van der Waals surface area contributed by atoms with Crippen molar-refractivity contribution in [3.8, 4) is 11.5 Å². The van der Waals surface area contributed by atoms with E-state index in [0.717, 1.165) is 24.0 Å². The van der Waals surface area contributed by atoms with Crippen molar-refractivity contribution in [3.05, 3.63) is 48.5 Å². The lowest BCUT2D eigenvalue weighted by Gasteiger charge is -2.30. The van der Waals surface area contributed by atoms with E-state index >= 15 is 0 Å². The predicted molar refractivity (Wildman–Crippen MR) is 99.6 cm³/mol. The molecule has 3 aromatic rings. The molecule has 0 saturated heterocycles. The van der Waals surface area contributed by atoms with Gasteiger partial charge in [-0.3, -0.25) is 10.1 Å². The number of aromatic nitrogens is 2. The van der Waals surface area contributed by atoms with E-state index in [2.05, 4.69) is 17.2 Å². The van der Waals surface area contributed by atoms with E-state index in [0.29, 0.717) is 17.4 Å². The van der Waals surface area contributed by atoms with Gasteiger partial charge in [-0.2, -0.15) is 0 Å². The number of ether oxygens (including phenoxy) is 2. The fourth-order valence-corrected chi connectivity index (χ4v) is 3.21. The highest BCUT2D eigenvalue weighted by Crippen LogP contribution is 2.33. The summed E-state index contributed by atoms with van der Waals surface area (Å²) in [6.07, 6.45) is -0.190. The molecule has 2 atom stereocenters. The van der Waals surface area contributed by atoms with Crippen LogP contribution in [0.3, 0.4) is 0 Å². The zero-order valence-corrected chi connectivity index (χ0v) is 14.8. The average molecular weight is 351 g/mol. The molecule has 0 saturated carbocycles. The fourth-order valence-electron chi connectivity index (χ4n) is 3.21. The van der Waals surface area contributed by atoms with Crippen LogP contribution in [0.4, 0.5) is 5.95 Å². The molecule has 2 heterocycles. The average Bonchev–Trinajstić information content (AvgIpc) is 2.99. The van der Waals surface area contributed by atoms with Gasteiger partial charge >= 0.3 is 0 Å². The van der Waals surface area contributed by atoms with Crippen LogP contribution < -0.4 is 14.8 Å². The minimum atomic E-state index is -0.736. The van der Waals surface area contributed by atoms with Gasteiger partial charge in [0, 0.05) is 6.54 Å². The van der Waals surface area contributed by atoms with Crippen LogP contribution in [0.25, 0.3) is 11.0 Å². The number of amides is 1. The molecule has 1 amide bonds. The van der Waals surface area contributed by atoms with E-state index in [1.807, 2.05) is 54.0 Å². The number of hydrogen-bond donors (Lipinski definition) is 1. The number of fused-ring (bicyclic) bond motifs is 2. The van der Waals surface area contributed by atoms with Gasteiger partial charge in [-0.15, -0.1) is 0 Å². The molecule has 1 aliphatic heterocycles. The van der Waals surface area contributed by atoms with Crippen LogP contribution in [-0.4, -0.2) is 27.7 Å². The molecule has 1 aliphatic rings. The third kappa shape index (κ3) is 2.87. The molecule has 1 N–H and O–H groups in total. The Labute approximate surface area is 151 Å². The van der Waals surface area contributed by atoms with Gasteiger partial charge in [0.2, 0.25) is 12.1 Å². The Morgan fingerprint density at radius 3 is 2.58 bits per heavy atom. The summed E-state index contributed by atoms with van der Waals surface area (Å²) in [7, 11) is 0. The highest BCUT2D eigenvalue weighted by atomic mass is 16.6. The third-order valence-electron chi connectivity index (χ3n) is 4.44. The van der Waals surface area contributed by atoms with Crippen molar-refractivity contribution >= 4 is 22.9 Å². The Bertz CT molecular complexity index is 950. The Morgan fingerprint density at radius 2 is 1.81 bits per heavy atom. The van der Waals surface area contributed by atoms with Crippen molar-refractivity contribution in [3.63, 3.8) is 0 Å². The SMILES string of the molecule is CCCn1c(NC(=O)[C@H]2Oc3ccccc3O[C@H]2C)nc2ccccc21. The lowest BCUT2D eigenvalue weighted by atomic mass is 10.1. The summed E-state index contributed by atoms with van der Waals surface area (Å²) in [6, 6.07) is 15.2. The molecule has 0 aliphatic carbocycles. The van der Waals surface area contributed by atoms with E-state index in [1.54, 1.807) is 6.07 Å². The van der Waals surface area contributed by atoms with Crippen LogP contribution in [0.15, 0.2) is 48.5 Å². The minimum absolute atomic E-state index is 0.264. The van der Waals surface area contributed by atoms with Crippen molar-refractivity contribution in [2.45, 2.75) is 39.0 Å². The number of benzene rings is 2. The zero-order valence-electron chi connectivity index (χ0n) is 14.8. The van der Waals surface area contributed by atoms with Gasteiger partial charge < -0.3 is 14.0 Å². The molecular formula is C20H21N3O3. The summed E-state index contributed by atoms with van der Waals surface area (Å²) in [5, 5.41) is 2.92. The summed E-state index contributed by atoms with van der Waals surface area (Å²) in [6.45, 7) is 4.70. The first kappa shape index (κ1) is 16.4. The fraction of sp³-hybridized carbons (Fsp3) is 0.300. The first-order chi connectivity index (χ1) is 12.7. The van der Waals surface area contributed by atoms with Gasteiger partial charge in [-0.05, 0) is 37.6 Å². The highest BCUT2D eigenvalue weighted by molar-refractivity contribution is 5.95. The first-order valence-corrected chi connectivity index (χ1v) is 8.86. The third-order valence-corrected chi connectivity index (χ3v) is 4.44.